The highest BCUT2D eigenvalue weighted by atomic mass is 16.5. The van der Waals surface area contributed by atoms with Crippen molar-refractivity contribution in [3.8, 4) is 5.75 Å². The Morgan fingerprint density at radius 1 is 1.39 bits per heavy atom. The molecule has 1 unspecified atom stereocenters. The van der Waals surface area contributed by atoms with E-state index in [-0.39, 0.29) is 0 Å². The van der Waals surface area contributed by atoms with Gasteiger partial charge in [-0.05, 0) is 62.5 Å². The van der Waals surface area contributed by atoms with E-state index in [0.29, 0.717) is 12.0 Å². The van der Waals surface area contributed by atoms with Gasteiger partial charge in [-0.2, -0.15) is 0 Å². The lowest BCUT2D eigenvalue weighted by Gasteiger charge is -2.20. The van der Waals surface area contributed by atoms with E-state index < -0.39 is 0 Å². The van der Waals surface area contributed by atoms with Gasteiger partial charge in [-0.25, -0.2) is 0 Å². The molecular weight excluding hydrogens is 222 g/mol. The van der Waals surface area contributed by atoms with Gasteiger partial charge in [0.25, 0.3) is 0 Å². The summed E-state index contributed by atoms with van der Waals surface area (Å²) in [6.07, 6.45) is 2.56. The monoisotopic (exact) mass is 247 g/mol. The van der Waals surface area contributed by atoms with E-state index in [0.717, 1.165) is 12.4 Å². The van der Waals surface area contributed by atoms with Crippen LogP contribution in [0.15, 0.2) is 18.2 Å². The smallest absolute Gasteiger partial charge is 0.119 e. The SMILES string of the molecule is Cc1ccc(OCC2CCCN2C)cc1C(C)C. The molecule has 0 bridgehead atoms. The van der Waals surface area contributed by atoms with Crippen LogP contribution in [0.25, 0.3) is 0 Å². The molecule has 0 aliphatic carbocycles. The minimum absolute atomic E-state index is 0.558. The zero-order valence-corrected chi connectivity index (χ0v) is 12.1. The van der Waals surface area contributed by atoms with Crippen molar-refractivity contribution in [1.82, 2.24) is 4.90 Å². The molecule has 2 heteroatoms. The van der Waals surface area contributed by atoms with Crippen molar-refractivity contribution in [2.24, 2.45) is 0 Å². The van der Waals surface area contributed by atoms with Gasteiger partial charge in [0.2, 0.25) is 0 Å². The van der Waals surface area contributed by atoms with Crippen molar-refractivity contribution >= 4 is 0 Å². The molecule has 1 fully saturated rings. The molecule has 1 heterocycles. The number of hydrogen-bond donors (Lipinski definition) is 0. The number of likely N-dealkylation sites (tertiary alicyclic amines) is 1. The van der Waals surface area contributed by atoms with Crippen LogP contribution in [-0.4, -0.2) is 31.1 Å². The number of benzene rings is 1. The average Bonchev–Trinajstić information content (AvgIpc) is 2.73. The van der Waals surface area contributed by atoms with Crippen molar-refractivity contribution in [2.45, 2.75) is 45.6 Å². The highest BCUT2D eigenvalue weighted by molar-refractivity contribution is 5.36. The van der Waals surface area contributed by atoms with Crippen LogP contribution in [0, 0.1) is 6.92 Å². The van der Waals surface area contributed by atoms with E-state index in [4.69, 9.17) is 4.74 Å². The predicted octanol–water partition coefficient (Wildman–Crippen LogP) is 3.59. The average molecular weight is 247 g/mol. The number of likely N-dealkylation sites (N-methyl/N-ethyl adjacent to an activating group) is 1. The molecule has 100 valence electrons. The van der Waals surface area contributed by atoms with Gasteiger partial charge < -0.3 is 9.64 Å². The van der Waals surface area contributed by atoms with Crippen LogP contribution in [0.1, 0.15) is 43.7 Å². The summed E-state index contributed by atoms with van der Waals surface area (Å²) in [5.74, 6) is 1.58. The van der Waals surface area contributed by atoms with E-state index in [1.54, 1.807) is 0 Å². The molecule has 1 aromatic carbocycles. The van der Waals surface area contributed by atoms with Gasteiger partial charge in [0.15, 0.2) is 0 Å². The first-order valence-electron chi connectivity index (χ1n) is 7.01. The Kier molecular flexibility index (Phi) is 4.28. The second-order valence-electron chi connectivity index (χ2n) is 5.76. The second kappa shape index (κ2) is 5.75. The summed E-state index contributed by atoms with van der Waals surface area (Å²) in [6.45, 7) is 8.66. The Morgan fingerprint density at radius 3 is 2.78 bits per heavy atom. The van der Waals surface area contributed by atoms with Crippen molar-refractivity contribution in [1.29, 1.82) is 0 Å². The van der Waals surface area contributed by atoms with Crippen molar-refractivity contribution in [3.05, 3.63) is 29.3 Å². The molecule has 0 saturated carbocycles. The number of rotatable bonds is 4. The van der Waals surface area contributed by atoms with Crippen LogP contribution in [0.3, 0.4) is 0 Å². The minimum Gasteiger partial charge on any atom is -0.492 e. The lowest BCUT2D eigenvalue weighted by molar-refractivity contribution is 0.198. The maximum absolute atomic E-state index is 5.96. The predicted molar refractivity (Wildman–Crippen MR) is 76.4 cm³/mol. The van der Waals surface area contributed by atoms with Crippen molar-refractivity contribution < 1.29 is 4.74 Å². The van der Waals surface area contributed by atoms with Gasteiger partial charge in [-0.15, -0.1) is 0 Å². The van der Waals surface area contributed by atoms with E-state index in [9.17, 15) is 0 Å². The highest BCUT2D eigenvalue weighted by Crippen LogP contribution is 2.25. The molecule has 1 atom stereocenters. The van der Waals surface area contributed by atoms with E-state index in [1.165, 1.54) is 30.5 Å². The molecule has 0 spiro atoms. The zero-order chi connectivity index (χ0) is 13.1. The number of hydrogen-bond acceptors (Lipinski definition) is 2. The molecular formula is C16H25NO. The Balaban J connectivity index is 1.99. The Labute approximate surface area is 111 Å². The van der Waals surface area contributed by atoms with Gasteiger partial charge in [-0.1, -0.05) is 19.9 Å². The number of aryl methyl sites for hydroxylation is 1. The van der Waals surface area contributed by atoms with Crippen LogP contribution in [0.4, 0.5) is 0 Å². The molecule has 0 aromatic heterocycles. The van der Waals surface area contributed by atoms with Crippen LogP contribution < -0.4 is 4.74 Å². The topological polar surface area (TPSA) is 12.5 Å². The van der Waals surface area contributed by atoms with Crippen molar-refractivity contribution in [3.63, 3.8) is 0 Å². The van der Waals surface area contributed by atoms with Crippen LogP contribution in [0.5, 0.6) is 5.75 Å². The zero-order valence-electron chi connectivity index (χ0n) is 12.1. The van der Waals surface area contributed by atoms with Crippen molar-refractivity contribution in [2.75, 3.05) is 20.2 Å². The first kappa shape index (κ1) is 13.4. The highest BCUT2D eigenvalue weighted by Gasteiger charge is 2.21. The Morgan fingerprint density at radius 2 is 2.17 bits per heavy atom. The fourth-order valence-electron chi connectivity index (χ4n) is 2.71. The summed E-state index contributed by atoms with van der Waals surface area (Å²) in [5, 5.41) is 0. The molecule has 2 nitrogen and oxygen atoms in total. The third kappa shape index (κ3) is 3.05. The standard InChI is InChI=1S/C16H25NO/c1-12(2)16-10-15(8-7-13(16)3)18-11-14-6-5-9-17(14)4/h7-8,10,12,14H,5-6,9,11H2,1-4H3. The first-order valence-corrected chi connectivity index (χ1v) is 7.01. The summed E-state index contributed by atoms with van der Waals surface area (Å²) < 4.78 is 5.96. The third-order valence-corrected chi connectivity index (χ3v) is 3.99. The Bertz CT molecular complexity index is 400. The molecule has 1 aliphatic heterocycles. The van der Waals surface area contributed by atoms with E-state index in [2.05, 4.69) is 50.9 Å². The summed E-state index contributed by atoms with van der Waals surface area (Å²) in [4.78, 5) is 2.40. The number of ether oxygens (including phenoxy) is 1. The molecule has 1 aromatic rings. The summed E-state index contributed by atoms with van der Waals surface area (Å²) >= 11 is 0. The normalized spacial score (nSPS) is 20.6. The summed E-state index contributed by atoms with van der Waals surface area (Å²) in [6, 6.07) is 7.06. The van der Waals surface area contributed by atoms with Gasteiger partial charge >= 0.3 is 0 Å². The fraction of sp³-hybridized carbons (Fsp3) is 0.625. The maximum atomic E-state index is 5.96. The first-order chi connectivity index (χ1) is 8.58. The number of nitrogens with zero attached hydrogens (tertiary/aromatic N) is 1. The minimum atomic E-state index is 0.558. The molecule has 1 saturated heterocycles. The van der Waals surface area contributed by atoms with E-state index >= 15 is 0 Å². The van der Waals surface area contributed by atoms with Crippen LogP contribution >= 0.6 is 0 Å². The second-order valence-corrected chi connectivity index (χ2v) is 5.76. The van der Waals surface area contributed by atoms with Gasteiger partial charge in [0.05, 0.1) is 0 Å². The molecule has 0 N–H and O–H groups in total. The summed E-state index contributed by atoms with van der Waals surface area (Å²) in [5.41, 5.74) is 2.75. The third-order valence-electron chi connectivity index (χ3n) is 3.99. The van der Waals surface area contributed by atoms with Gasteiger partial charge in [0.1, 0.15) is 12.4 Å². The van der Waals surface area contributed by atoms with Gasteiger partial charge in [0, 0.05) is 6.04 Å². The fourth-order valence-corrected chi connectivity index (χ4v) is 2.71. The van der Waals surface area contributed by atoms with Crippen LogP contribution in [0.2, 0.25) is 0 Å². The molecule has 0 radical (unpaired) electrons. The largest absolute Gasteiger partial charge is 0.492 e. The van der Waals surface area contributed by atoms with Gasteiger partial charge in [-0.3, -0.25) is 0 Å². The molecule has 2 rings (SSSR count). The lowest BCUT2D eigenvalue weighted by Crippen LogP contribution is -2.30. The lowest BCUT2D eigenvalue weighted by atomic mass is 9.98. The quantitative estimate of drug-likeness (QED) is 0.806. The Hall–Kier alpha value is -1.02. The summed E-state index contributed by atoms with van der Waals surface area (Å²) in [7, 11) is 2.19. The van der Waals surface area contributed by atoms with Crippen LogP contribution in [-0.2, 0) is 0 Å². The molecule has 0 amide bonds. The van der Waals surface area contributed by atoms with E-state index in [1.807, 2.05) is 0 Å². The molecule has 18 heavy (non-hydrogen) atoms. The maximum Gasteiger partial charge on any atom is 0.119 e. The molecule has 1 aliphatic rings.